The number of hydrogen-bond donors (Lipinski definition) is 7. The van der Waals surface area contributed by atoms with E-state index < -0.39 is 6.10 Å². The predicted molar refractivity (Wildman–Crippen MR) is 134 cm³/mol. The van der Waals surface area contributed by atoms with E-state index in [1.54, 1.807) is 49.5 Å². The molecule has 3 aromatic carbocycles. The van der Waals surface area contributed by atoms with Crippen LogP contribution in [0.2, 0.25) is 0 Å². The Morgan fingerprint density at radius 1 is 0.735 bits per heavy atom. The van der Waals surface area contributed by atoms with Crippen molar-refractivity contribution in [3.05, 3.63) is 83.4 Å². The first kappa shape index (κ1) is 27.0. The number of phenolic OH excluding ortho intramolecular Hbond substituents is 4. The fourth-order valence-electron chi connectivity index (χ4n) is 3.34. The number of aliphatic hydroxyl groups excluding tert-OH is 1. The molecular formula is C27H36N2O5. The Labute approximate surface area is 201 Å². The summed E-state index contributed by atoms with van der Waals surface area (Å²) >= 11 is 0. The van der Waals surface area contributed by atoms with Crippen LogP contribution in [0.5, 0.6) is 23.0 Å². The van der Waals surface area contributed by atoms with Crippen LogP contribution in [0.15, 0.2) is 66.7 Å². The highest BCUT2D eigenvalue weighted by Gasteiger charge is 2.05. The Morgan fingerprint density at radius 3 is 1.91 bits per heavy atom. The van der Waals surface area contributed by atoms with Gasteiger partial charge in [0.25, 0.3) is 0 Å². The van der Waals surface area contributed by atoms with E-state index in [4.69, 9.17) is 5.11 Å². The second-order valence-electron chi connectivity index (χ2n) is 8.30. The summed E-state index contributed by atoms with van der Waals surface area (Å²) in [5.74, 6) is 0.360. The van der Waals surface area contributed by atoms with E-state index >= 15 is 0 Å². The van der Waals surface area contributed by atoms with E-state index in [-0.39, 0.29) is 17.2 Å². The minimum absolute atomic E-state index is 0.0714. The van der Waals surface area contributed by atoms with Crippen LogP contribution < -0.4 is 10.6 Å². The quantitative estimate of drug-likeness (QED) is 0.227. The summed E-state index contributed by atoms with van der Waals surface area (Å²) in [5.41, 5.74) is 3.02. The highest BCUT2D eigenvalue weighted by Crippen LogP contribution is 2.24. The first-order chi connectivity index (χ1) is 16.3. The molecule has 7 heteroatoms. The van der Waals surface area contributed by atoms with E-state index in [1.807, 2.05) is 18.2 Å². The summed E-state index contributed by atoms with van der Waals surface area (Å²) in [7, 11) is 1.78. The fourth-order valence-corrected chi connectivity index (χ4v) is 3.34. The van der Waals surface area contributed by atoms with Crippen LogP contribution in [0.4, 0.5) is 0 Å². The second-order valence-corrected chi connectivity index (χ2v) is 8.30. The number of aryl methyl sites for hydroxylation is 1. The molecule has 2 atom stereocenters. The Morgan fingerprint density at radius 2 is 1.32 bits per heavy atom. The van der Waals surface area contributed by atoms with Gasteiger partial charge in [0, 0.05) is 12.6 Å². The third-order valence-electron chi connectivity index (χ3n) is 5.42. The Balaban J connectivity index is 0.000000287. The molecule has 0 aromatic heterocycles. The molecule has 7 N–H and O–H groups in total. The zero-order chi connectivity index (χ0) is 24.9. The maximum absolute atomic E-state index is 9.47. The predicted octanol–water partition coefficient (Wildman–Crippen LogP) is 3.60. The summed E-state index contributed by atoms with van der Waals surface area (Å²) in [6, 6.07) is 19.2. The molecule has 0 amide bonds. The number of aromatic hydroxyl groups is 4. The van der Waals surface area contributed by atoms with Crippen molar-refractivity contribution >= 4 is 0 Å². The lowest BCUT2D eigenvalue weighted by Crippen LogP contribution is -2.28. The van der Waals surface area contributed by atoms with Gasteiger partial charge in [-0.2, -0.15) is 0 Å². The largest absolute Gasteiger partial charge is 0.508 e. The van der Waals surface area contributed by atoms with Gasteiger partial charge in [-0.05, 0) is 92.9 Å². The first-order valence-corrected chi connectivity index (χ1v) is 11.4. The van der Waals surface area contributed by atoms with Gasteiger partial charge in [0.05, 0.1) is 6.10 Å². The topological polar surface area (TPSA) is 125 Å². The molecule has 0 heterocycles. The minimum atomic E-state index is -0.504. The van der Waals surface area contributed by atoms with Crippen LogP contribution in [0.1, 0.15) is 36.1 Å². The highest BCUT2D eigenvalue weighted by atomic mass is 16.3. The fraction of sp³-hybridized carbons (Fsp3) is 0.333. The molecule has 0 aliphatic rings. The van der Waals surface area contributed by atoms with Crippen molar-refractivity contribution in [2.75, 3.05) is 20.1 Å². The maximum Gasteiger partial charge on any atom is 0.157 e. The number of aliphatic hydroxyl groups is 1. The van der Waals surface area contributed by atoms with Crippen molar-refractivity contribution in [2.45, 2.75) is 38.3 Å². The van der Waals surface area contributed by atoms with Gasteiger partial charge in [-0.3, -0.25) is 0 Å². The monoisotopic (exact) mass is 468 g/mol. The Bertz CT molecular complexity index is 977. The number of phenols is 4. The van der Waals surface area contributed by atoms with E-state index in [1.165, 1.54) is 11.6 Å². The molecule has 0 aliphatic carbocycles. The molecule has 0 fully saturated rings. The minimum Gasteiger partial charge on any atom is -0.508 e. The highest BCUT2D eigenvalue weighted by molar-refractivity contribution is 5.40. The Hall–Kier alpha value is -3.26. The van der Waals surface area contributed by atoms with Crippen LogP contribution in [-0.2, 0) is 12.8 Å². The number of rotatable bonds is 10. The van der Waals surface area contributed by atoms with Crippen molar-refractivity contribution in [3.63, 3.8) is 0 Å². The third kappa shape index (κ3) is 9.70. The molecule has 0 radical (unpaired) electrons. The van der Waals surface area contributed by atoms with Crippen LogP contribution in [-0.4, -0.2) is 51.7 Å². The average Bonchev–Trinajstić information content (AvgIpc) is 2.82. The lowest BCUT2D eigenvalue weighted by molar-refractivity contribution is 0.177. The smallest absolute Gasteiger partial charge is 0.157 e. The summed E-state index contributed by atoms with van der Waals surface area (Å²) in [6.45, 7) is 3.49. The van der Waals surface area contributed by atoms with Crippen LogP contribution >= 0.6 is 0 Å². The van der Waals surface area contributed by atoms with Gasteiger partial charge >= 0.3 is 0 Å². The van der Waals surface area contributed by atoms with Crippen molar-refractivity contribution in [1.82, 2.24) is 10.6 Å². The van der Waals surface area contributed by atoms with E-state index in [2.05, 4.69) is 17.6 Å². The SMILES string of the molecule is CC(CCc1ccc(O)cc1)NCCc1ccc(O)c(O)c1.CNCC(O)c1ccc(O)cc1. The van der Waals surface area contributed by atoms with Gasteiger partial charge in [0.2, 0.25) is 0 Å². The van der Waals surface area contributed by atoms with Gasteiger partial charge in [0.1, 0.15) is 11.5 Å². The van der Waals surface area contributed by atoms with Crippen LogP contribution in [0.3, 0.4) is 0 Å². The normalized spacial score (nSPS) is 12.4. The number of benzene rings is 3. The zero-order valence-electron chi connectivity index (χ0n) is 19.8. The molecule has 3 rings (SSSR count). The first-order valence-electron chi connectivity index (χ1n) is 11.4. The van der Waals surface area contributed by atoms with Crippen LogP contribution in [0, 0.1) is 0 Å². The third-order valence-corrected chi connectivity index (χ3v) is 5.42. The van der Waals surface area contributed by atoms with Crippen molar-refractivity contribution in [2.24, 2.45) is 0 Å². The van der Waals surface area contributed by atoms with Gasteiger partial charge in [0.15, 0.2) is 11.5 Å². The van der Waals surface area contributed by atoms with Gasteiger partial charge in [-0.25, -0.2) is 0 Å². The average molecular weight is 469 g/mol. The summed E-state index contributed by atoms with van der Waals surface area (Å²) in [6.07, 6.45) is 2.29. The molecule has 7 nitrogen and oxygen atoms in total. The van der Waals surface area contributed by atoms with Crippen molar-refractivity contribution < 1.29 is 25.5 Å². The molecule has 184 valence electrons. The molecule has 0 saturated heterocycles. The maximum atomic E-state index is 9.47. The number of likely N-dealkylation sites (N-methyl/N-ethyl adjacent to an activating group) is 1. The molecule has 34 heavy (non-hydrogen) atoms. The van der Waals surface area contributed by atoms with Crippen molar-refractivity contribution in [1.29, 1.82) is 0 Å². The lowest BCUT2D eigenvalue weighted by atomic mass is 10.1. The number of hydrogen-bond acceptors (Lipinski definition) is 7. The molecular weight excluding hydrogens is 432 g/mol. The van der Waals surface area contributed by atoms with Gasteiger partial charge in [-0.15, -0.1) is 0 Å². The summed E-state index contributed by atoms with van der Waals surface area (Å²) in [5, 5.41) is 52.7. The van der Waals surface area contributed by atoms with Crippen LogP contribution in [0.25, 0.3) is 0 Å². The lowest BCUT2D eigenvalue weighted by Gasteiger charge is -2.14. The molecule has 2 unspecified atom stereocenters. The Kier molecular flexibility index (Phi) is 11.2. The second kappa shape index (κ2) is 14.1. The molecule has 0 saturated carbocycles. The summed E-state index contributed by atoms with van der Waals surface area (Å²) < 4.78 is 0. The molecule has 3 aromatic rings. The van der Waals surface area contributed by atoms with E-state index in [0.717, 1.165) is 36.9 Å². The number of nitrogens with one attached hydrogen (secondary N) is 2. The van der Waals surface area contributed by atoms with E-state index in [9.17, 15) is 20.4 Å². The summed E-state index contributed by atoms with van der Waals surface area (Å²) in [4.78, 5) is 0. The van der Waals surface area contributed by atoms with Gasteiger partial charge < -0.3 is 36.2 Å². The van der Waals surface area contributed by atoms with Gasteiger partial charge in [-0.1, -0.05) is 30.3 Å². The van der Waals surface area contributed by atoms with Crippen molar-refractivity contribution in [3.8, 4) is 23.0 Å². The van der Waals surface area contributed by atoms with E-state index in [0.29, 0.717) is 18.3 Å². The zero-order valence-corrected chi connectivity index (χ0v) is 19.8. The molecule has 0 bridgehead atoms. The standard InChI is InChI=1S/C18H23NO3.C9H13NO2/c1-13(2-3-14-4-7-16(20)8-5-14)19-11-10-15-6-9-17(21)18(22)12-15;1-10-6-9(12)7-2-4-8(11)5-3-7/h4-9,12-13,19-22H,2-3,10-11H2,1H3;2-5,9-12H,6H2,1H3. The molecule has 0 aliphatic heterocycles. The molecule has 0 spiro atoms.